The van der Waals surface area contributed by atoms with Gasteiger partial charge in [-0.3, -0.25) is 4.79 Å². The van der Waals surface area contributed by atoms with Gasteiger partial charge in [-0.25, -0.2) is 22.4 Å². The van der Waals surface area contributed by atoms with Gasteiger partial charge in [-0.2, -0.15) is 0 Å². The minimum atomic E-state index is -1.86. The van der Waals surface area contributed by atoms with Crippen LogP contribution in [0.15, 0.2) is 35.3 Å². The molecule has 1 aliphatic heterocycles. The van der Waals surface area contributed by atoms with Crippen LogP contribution in [0.4, 0.5) is 28.0 Å². The van der Waals surface area contributed by atoms with Gasteiger partial charge in [0.2, 0.25) is 5.43 Å². The molecule has 0 aliphatic carbocycles. The minimum absolute atomic E-state index is 0.149. The number of anilines is 1. The molecule has 1 fully saturated rings. The summed E-state index contributed by atoms with van der Waals surface area (Å²) in [4.78, 5) is 24.9. The molecule has 1 aromatic heterocycles. The van der Waals surface area contributed by atoms with Crippen LogP contribution in [0.25, 0.3) is 16.6 Å². The van der Waals surface area contributed by atoms with Gasteiger partial charge >= 0.3 is 6.16 Å². The summed E-state index contributed by atoms with van der Waals surface area (Å²) in [5, 5.41) is 8.29. The lowest BCUT2D eigenvalue weighted by Crippen LogP contribution is -2.63. The predicted octanol–water partition coefficient (Wildman–Crippen LogP) is 3.14. The van der Waals surface area contributed by atoms with Crippen molar-refractivity contribution in [3.8, 4) is 11.4 Å². The Morgan fingerprint density at radius 3 is 2.48 bits per heavy atom. The molecule has 3 aromatic rings. The molecule has 2 atom stereocenters. The maximum Gasteiger partial charge on any atom is 0.511 e. The van der Waals surface area contributed by atoms with Crippen molar-refractivity contribution in [2.75, 3.05) is 11.4 Å². The van der Waals surface area contributed by atoms with Gasteiger partial charge in [0.25, 0.3) is 0 Å². The van der Waals surface area contributed by atoms with Crippen molar-refractivity contribution >= 4 is 22.7 Å². The molecule has 0 amide bonds. The first-order valence-electron chi connectivity index (χ1n) is 9.06. The molecule has 11 heteroatoms. The summed E-state index contributed by atoms with van der Waals surface area (Å²) in [7, 11) is 0. The van der Waals surface area contributed by atoms with Gasteiger partial charge < -0.3 is 25.0 Å². The van der Waals surface area contributed by atoms with E-state index in [1.165, 1.54) is 4.90 Å². The van der Waals surface area contributed by atoms with Crippen LogP contribution in [0, 0.1) is 23.3 Å². The van der Waals surface area contributed by atoms with Gasteiger partial charge in [-0.15, -0.1) is 0 Å². The van der Waals surface area contributed by atoms with E-state index >= 15 is 4.39 Å². The van der Waals surface area contributed by atoms with Crippen LogP contribution in [0.2, 0.25) is 0 Å². The maximum atomic E-state index is 15.6. The van der Waals surface area contributed by atoms with E-state index in [4.69, 9.17) is 10.8 Å². The number of ether oxygens (including phenoxy) is 1. The van der Waals surface area contributed by atoms with Crippen molar-refractivity contribution in [3.05, 3.63) is 64.0 Å². The van der Waals surface area contributed by atoms with Gasteiger partial charge in [0.05, 0.1) is 22.8 Å². The lowest BCUT2D eigenvalue weighted by atomic mass is 9.97. The van der Waals surface area contributed by atoms with Crippen LogP contribution >= 0.6 is 0 Å². The van der Waals surface area contributed by atoms with Crippen molar-refractivity contribution in [1.82, 2.24) is 4.57 Å². The highest BCUT2D eigenvalue weighted by Gasteiger charge is 2.37. The second-order valence-electron chi connectivity index (χ2n) is 7.13. The van der Waals surface area contributed by atoms with Crippen molar-refractivity contribution in [2.24, 2.45) is 5.73 Å². The Labute approximate surface area is 171 Å². The van der Waals surface area contributed by atoms with Gasteiger partial charge in [0, 0.05) is 24.7 Å². The predicted molar refractivity (Wildman–Crippen MR) is 103 cm³/mol. The van der Waals surface area contributed by atoms with E-state index in [0.29, 0.717) is 6.07 Å². The van der Waals surface area contributed by atoms with E-state index in [9.17, 15) is 22.8 Å². The first-order chi connectivity index (χ1) is 14.6. The Bertz CT molecular complexity index is 1290. The second kappa shape index (κ2) is 7.27. The molecule has 0 unspecified atom stereocenters. The lowest BCUT2D eigenvalue weighted by molar-refractivity contribution is 0.144. The fourth-order valence-corrected chi connectivity index (χ4v) is 3.61. The zero-order valence-corrected chi connectivity index (χ0v) is 15.9. The molecule has 0 bridgehead atoms. The number of aromatic nitrogens is 1. The summed E-state index contributed by atoms with van der Waals surface area (Å²) >= 11 is 0. The second-order valence-corrected chi connectivity index (χ2v) is 7.13. The van der Waals surface area contributed by atoms with E-state index in [2.05, 4.69) is 4.74 Å². The molecule has 0 radical (unpaired) electrons. The topological polar surface area (TPSA) is 97.8 Å². The number of hydrogen-bond acceptors (Lipinski definition) is 5. The van der Waals surface area contributed by atoms with Crippen LogP contribution in [0.1, 0.15) is 6.92 Å². The smallest absolute Gasteiger partial charge is 0.449 e. The van der Waals surface area contributed by atoms with Crippen LogP contribution in [0.3, 0.4) is 0 Å². The number of rotatable bonds is 3. The minimum Gasteiger partial charge on any atom is -0.449 e. The number of pyridine rings is 1. The van der Waals surface area contributed by atoms with Gasteiger partial charge in [0.1, 0.15) is 23.1 Å². The third-order valence-corrected chi connectivity index (χ3v) is 5.30. The number of benzene rings is 2. The number of fused-ring (bicyclic) bond motifs is 1. The monoisotopic (exact) mass is 437 g/mol. The third kappa shape index (κ3) is 3.26. The summed E-state index contributed by atoms with van der Waals surface area (Å²) < 4.78 is 63.5. The Kier molecular flexibility index (Phi) is 4.85. The lowest BCUT2D eigenvalue weighted by Gasteiger charge is -2.46. The zero-order valence-electron chi connectivity index (χ0n) is 15.9. The summed E-state index contributed by atoms with van der Waals surface area (Å²) in [5.74, 6) is -5.12. The van der Waals surface area contributed by atoms with Crippen LogP contribution < -0.4 is 20.8 Å². The molecule has 2 aromatic carbocycles. The summed E-state index contributed by atoms with van der Waals surface area (Å²) in [6.07, 6.45) is -1.10. The third-order valence-electron chi connectivity index (χ3n) is 5.30. The van der Waals surface area contributed by atoms with Gasteiger partial charge in [0.15, 0.2) is 11.6 Å². The largest absolute Gasteiger partial charge is 0.511 e. The molecule has 162 valence electrons. The molecule has 4 rings (SSSR count). The van der Waals surface area contributed by atoms with Crippen molar-refractivity contribution in [1.29, 1.82) is 0 Å². The van der Waals surface area contributed by atoms with Gasteiger partial charge in [-0.1, -0.05) is 0 Å². The highest BCUT2D eigenvalue weighted by atomic mass is 19.1. The van der Waals surface area contributed by atoms with Crippen LogP contribution in [-0.2, 0) is 0 Å². The maximum absolute atomic E-state index is 15.6. The quantitative estimate of drug-likeness (QED) is 0.483. The molecule has 0 spiro atoms. The molecule has 0 saturated carbocycles. The molecule has 7 nitrogen and oxygen atoms in total. The molecular formula is C20H15F4N3O4. The summed E-state index contributed by atoms with van der Waals surface area (Å²) in [6, 6.07) is 2.37. The number of carbonyl (C=O) groups is 1. The highest BCUT2D eigenvalue weighted by molar-refractivity contribution is 5.87. The van der Waals surface area contributed by atoms with Crippen LogP contribution in [0.5, 0.6) is 5.75 Å². The molecule has 31 heavy (non-hydrogen) atoms. The van der Waals surface area contributed by atoms with E-state index in [1.807, 2.05) is 0 Å². The van der Waals surface area contributed by atoms with E-state index in [1.54, 1.807) is 6.92 Å². The Hall–Kier alpha value is -3.60. The number of halogens is 4. The SMILES string of the molecule is C[C@H]1[C@H](N)CN1c1c(F)cc2c(=O)c(OC(=O)O)cn(-c3ccc(F)cc3F)c2c1F. The summed E-state index contributed by atoms with van der Waals surface area (Å²) in [5.41, 5.74) is 3.28. The number of carboxylic acid groups (broad SMARTS) is 1. The first-order valence-corrected chi connectivity index (χ1v) is 9.06. The van der Waals surface area contributed by atoms with Crippen molar-refractivity contribution in [2.45, 2.75) is 19.0 Å². The van der Waals surface area contributed by atoms with E-state index < -0.39 is 68.9 Å². The van der Waals surface area contributed by atoms with E-state index in [-0.39, 0.29) is 12.6 Å². The number of nitrogens with zero attached hydrogens (tertiary/aromatic N) is 2. The molecular weight excluding hydrogens is 422 g/mol. The van der Waals surface area contributed by atoms with Crippen LogP contribution in [-0.4, -0.2) is 34.5 Å². The fourth-order valence-electron chi connectivity index (χ4n) is 3.61. The summed E-state index contributed by atoms with van der Waals surface area (Å²) in [6.45, 7) is 1.81. The van der Waals surface area contributed by atoms with Gasteiger partial charge in [-0.05, 0) is 25.1 Å². The average Bonchev–Trinajstić information content (AvgIpc) is 2.69. The Morgan fingerprint density at radius 1 is 1.19 bits per heavy atom. The van der Waals surface area contributed by atoms with Crippen molar-refractivity contribution < 1.29 is 32.2 Å². The standard InChI is InChI=1S/C20H15F4N3O4/c1-8-13(25)6-26(8)18-12(23)5-10-17(16(18)24)27(7-15(19(10)28)31-20(29)30)14-3-2-9(21)4-11(14)22/h2-5,7-8,13H,6,25H2,1H3,(H,29,30)/t8-,13+/m0/s1. The molecule has 1 saturated heterocycles. The number of hydrogen-bond donors (Lipinski definition) is 2. The molecule has 2 heterocycles. The number of nitrogens with two attached hydrogens (primary N) is 1. The average molecular weight is 437 g/mol. The zero-order chi connectivity index (χ0) is 22.6. The van der Waals surface area contributed by atoms with E-state index in [0.717, 1.165) is 29.0 Å². The fraction of sp³-hybridized carbons (Fsp3) is 0.200. The van der Waals surface area contributed by atoms with Crippen molar-refractivity contribution in [3.63, 3.8) is 0 Å². The first kappa shape index (κ1) is 20.7. The Balaban J connectivity index is 2.09. The normalized spacial score (nSPS) is 18.2. The Morgan fingerprint density at radius 2 is 1.90 bits per heavy atom. The molecule has 1 aliphatic rings. The highest BCUT2D eigenvalue weighted by Crippen LogP contribution is 2.36. The molecule has 3 N–H and O–H groups in total.